The second-order valence-corrected chi connectivity index (χ2v) is 11.1. The van der Waals surface area contributed by atoms with Gasteiger partial charge in [-0.05, 0) is 63.0 Å². The summed E-state index contributed by atoms with van der Waals surface area (Å²) < 4.78 is 17.0. The van der Waals surface area contributed by atoms with Crippen molar-refractivity contribution in [2.45, 2.75) is 76.0 Å². The molecule has 3 aliphatic rings. The third kappa shape index (κ3) is 4.62. The van der Waals surface area contributed by atoms with Gasteiger partial charge in [0.1, 0.15) is 17.2 Å². The normalized spacial score (nSPS) is 25.6. The molecule has 1 saturated carbocycles. The summed E-state index contributed by atoms with van der Waals surface area (Å²) in [5, 5.41) is 9.34. The minimum atomic E-state index is -0.591. The van der Waals surface area contributed by atoms with E-state index in [1.54, 1.807) is 9.58 Å². The SMILES string of the molecule is CC1CC(C(=O)NC2CCC(n3c(=O)c4cc(F)cnc4n(C4CCSCC4)c3=O)CC2)=NN1C. The van der Waals surface area contributed by atoms with Crippen LogP contribution in [0.1, 0.15) is 64.0 Å². The highest BCUT2D eigenvalue weighted by Crippen LogP contribution is 2.30. The van der Waals surface area contributed by atoms with Crippen LogP contribution in [0.15, 0.2) is 27.0 Å². The minimum Gasteiger partial charge on any atom is -0.348 e. The lowest BCUT2D eigenvalue weighted by molar-refractivity contribution is -0.115. The quantitative estimate of drug-likeness (QED) is 0.689. The van der Waals surface area contributed by atoms with Gasteiger partial charge in [-0.15, -0.1) is 0 Å². The summed E-state index contributed by atoms with van der Waals surface area (Å²) in [6.07, 6.45) is 5.78. The lowest BCUT2D eigenvalue weighted by atomic mass is 9.90. The molecule has 4 heterocycles. The second-order valence-electron chi connectivity index (χ2n) is 9.85. The first kappa shape index (κ1) is 24.0. The molecule has 0 radical (unpaired) electrons. The van der Waals surface area contributed by atoms with Gasteiger partial charge >= 0.3 is 5.69 Å². The number of pyridine rings is 1. The van der Waals surface area contributed by atoms with E-state index in [2.05, 4.69) is 15.4 Å². The number of rotatable bonds is 4. The van der Waals surface area contributed by atoms with Crippen molar-refractivity contribution in [3.63, 3.8) is 0 Å². The Morgan fingerprint density at radius 1 is 1.09 bits per heavy atom. The fourth-order valence-electron chi connectivity index (χ4n) is 5.43. The van der Waals surface area contributed by atoms with Gasteiger partial charge in [-0.25, -0.2) is 14.2 Å². The van der Waals surface area contributed by atoms with Crippen LogP contribution in [0.25, 0.3) is 11.0 Å². The van der Waals surface area contributed by atoms with E-state index < -0.39 is 11.4 Å². The van der Waals surface area contributed by atoms with E-state index in [0.717, 1.165) is 30.5 Å². The molecule has 5 rings (SSSR count). The van der Waals surface area contributed by atoms with Gasteiger partial charge in [0.15, 0.2) is 0 Å². The van der Waals surface area contributed by atoms with Gasteiger partial charge in [0.05, 0.1) is 11.6 Å². The number of carbonyl (C=O) groups excluding carboxylic acids is 1. The summed E-state index contributed by atoms with van der Waals surface area (Å²) in [7, 11) is 1.86. The smallest absolute Gasteiger partial charge is 0.333 e. The molecule has 2 aliphatic heterocycles. The van der Waals surface area contributed by atoms with Gasteiger partial charge in [0, 0.05) is 37.6 Å². The lowest BCUT2D eigenvalue weighted by Crippen LogP contribution is -2.47. The molecular formula is C24H31FN6O3S. The minimum absolute atomic E-state index is 0.0319. The van der Waals surface area contributed by atoms with Crippen molar-refractivity contribution in [3.05, 3.63) is 38.9 Å². The van der Waals surface area contributed by atoms with E-state index in [0.29, 0.717) is 37.8 Å². The number of thioether (sulfide) groups is 1. The van der Waals surface area contributed by atoms with Crippen molar-refractivity contribution in [2.24, 2.45) is 5.10 Å². The maximum absolute atomic E-state index is 14.1. The number of hydrogen-bond acceptors (Lipinski definition) is 7. The van der Waals surface area contributed by atoms with Crippen molar-refractivity contribution in [3.8, 4) is 0 Å². The van der Waals surface area contributed by atoms with Crippen molar-refractivity contribution < 1.29 is 9.18 Å². The first-order valence-electron chi connectivity index (χ1n) is 12.3. The summed E-state index contributed by atoms with van der Waals surface area (Å²) in [6.45, 7) is 2.02. The largest absolute Gasteiger partial charge is 0.348 e. The van der Waals surface area contributed by atoms with Crippen molar-refractivity contribution in [1.29, 1.82) is 0 Å². The van der Waals surface area contributed by atoms with E-state index in [1.165, 1.54) is 10.6 Å². The highest BCUT2D eigenvalue weighted by Gasteiger charge is 2.31. The Morgan fingerprint density at radius 2 is 1.77 bits per heavy atom. The predicted octanol–water partition coefficient (Wildman–Crippen LogP) is 2.45. The number of nitrogens with zero attached hydrogens (tertiary/aromatic N) is 5. The van der Waals surface area contributed by atoms with E-state index in [9.17, 15) is 18.8 Å². The number of carbonyl (C=O) groups is 1. The topological polar surface area (TPSA) is 102 Å². The number of aromatic nitrogens is 3. The average Bonchev–Trinajstić information content (AvgIpc) is 3.19. The molecule has 2 aromatic heterocycles. The van der Waals surface area contributed by atoms with E-state index >= 15 is 0 Å². The molecule has 9 nitrogen and oxygen atoms in total. The Balaban J connectivity index is 1.39. The van der Waals surface area contributed by atoms with E-state index in [-0.39, 0.29) is 46.8 Å². The van der Waals surface area contributed by atoms with E-state index in [1.807, 2.05) is 25.7 Å². The first-order valence-corrected chi connectivity index (χ1v) is 13.5. The zero-order valence-electron chi connectivity index (χ0n) is 20.1. The predicted molar refractivity (Wildman–Crippen MR) is 135 cm³/mol. The van der Waals surface area contributed by atoms with Crippen LogP contribution in [-0.2, 0) is 4.79 Å². The zero-order chi connectivity index (χ0) is 24.7. The summed E-state index contributed by atoms with van der Waals surface area (Å²) in [6, 6.07) is 1.02. The lowest BCUT2D eigenvalue weighted by Gasteiger charge is -2.31. The molecule has 1 amide bonds. The molecule has 35 heavy (non-hydrogen) atoms. The Bertz CT molecular complexity index is 1280. The van der Waals surface area contributed by atoms with Crippen LogP contribution in [0.3, 0.4) is 0 Å². The van der Waals surface area contributed by atoms with Gasteiger partial charge < -0.3 is 5.32 Å². The molecule has 1 atom stereocenters. The third-order valence-electron chi connectivity index (χ3n) is 7.54. The molecule has 1 saturated heterocycles. The van der Waals surface area contributed by atoms with Gasteiger partial charge in [0.25, 0.3) is 11.5 Å². The van der Waals surface area contributed by atoms with Crippen LogP contribution < -0.4 is 16.6 Å². The van der Waals surface area contributed by atoms with Crippen molar-refractivity contribution >= 4 is 34.4 Å². The van der Waals surface area contributed by atoms with Crippen LogP contribution in [0, 0.1) is 5.82 Å². The third-order valence-corrected chi connectivity index (χ3v) is 8.59. The Hall–Kier alpha value is -2.69. The van der Waals surface area contributed by atoms with Crippen LogP contribution in [0.4, 0.5) is 4.39 Å². The molecule has 0 bridgehead atoms. The average molecular weight is 503 g/mol. The number of nitrogens with one attached hydrogen (secondary N) is 1. The summed E-state index contributed by atoms with van der Waals surface area (Å²) in [5.41, 5.74) is -0.0328. The first-order chi connectivity index (χ1) is 16.8. The molecule has 2 aromatic rings. The number of amides is 1. The molecule has 188 valence electrons. The summed E-state index contributed by atoms with van der Waals surface area (Å²) in [5.74, 6) is 1.13. The second kappa shape index (κ2) is 9.75. The monoisotopic (exact) mass is 502 g/mol. The number of hydrazone groups is 1. The molecule has 2 fully saturated rings. The van der Waals surface area contributed by atoms with Crippen molar-refractivity contribution in [1.82, 2.24) is 24.4 Å². The maximum Gasteiger partial charge on any atom is 0.333 e. The maximum atomic E-state index is 14.1. The Kier molecular flexibility index (Phi) is 6.69. The molecule has 1 aliphatic carbocycles. The molecule has 11 heteroatoms. The van der Waals surface area contributed by atoms with Crippen LogP contribution >= 0.6 is 11.8 Å². The number of fused-ring (bicyclic) bond motifs is 1. The van der Waals surface area contributed by atoms with Gasteiger partial charge in [0.2, 0.25) is 0 Å². The molecule has 0 spiro atoms. The van der Waals surface area contributed by atoms with Crippen LogP contribution in [0.2, 0.25) is 0 Å². The van der Waals surface area contributed by atoms with E-state index in [4.69, 9.17) is 0 Å². The number of hydrogen-bond donors (Lipinski definition) is 1. The van der Waals surface area contributed by atoms with Gasteiger partial charge in [-0.2, -0.15) is 16.9 Å². The molecule has 0 aromatic carbocycles. The van der Waals surface area contributed by atoms with Crippen LogP contribution in [-0.4, -0.2) is 61.4 Å². The number of halogens is 1. The highest BCUT2D eigenvalue weighted by atomic mass is 32.2. The Morgan fingerprint density at radius 3 is 2.43 bits per heavy atom. The summed E-state index contributed by atoms with van der Waals surface area (Å²) >= 11 is 1.85. The fourth-order valence-corrected chi connectivity index (χ4v) is 6.51. The molecule has 1 N–H and O–H groups in total. The van der Waals surface area contributed by atoms with Crippen LogP contribution in [0.5, 0.6) is 0 Å². The van der Waals surface area contributed by atoms with Gasteiger partial charge in [-0.3, -0.25) is 23.7 Å². The van der Waals surface area contributed by atoms with Gasteiger partial charge in [-0.1, -0.05) is 0 Å². The standard InChI is InChI=1S/C24H31FN6O3S/c1-14-11-20(28-29(14)2)22(32)27-16-3-5-17(6-4-16)31-23(33)19-12-15(25)13-26-21(19)30(24(31)34)18-7-9-35-10-8-18/h12-14,16-18H,3-11H2,1-2H3,(H,27,32). The Labute approximate surface area is 206 Å². The summed E-state index contributed by atoms with van der Waals surface area (Å²) in [4.78, 5) is 43.9. The fraction of sp³-hybridized carbons (Fsp3) is 0.625. The molecule has 1 unspecified atom stereocenters. The highest BCUT2D eigenvalue weighted by molar-refractivity contribution is 7.99. The van der Waals surface area contributed by atoms with Crippen molar-refractivity contribution in [2.75, 3.05) is 18.6 Å². The molecular weight excluding hydrogens is 471 g/mol. The zero-order valence-corrected chi connectivity index (χ0v) is 20.9.